The quantitative estimate of drug-likeness (QED) is 0.752. The van der Waals surface area contributed by atoms with Crippen LogP contribution in [0.2, 0.25) is 5.02 Å². The summed E-state index contributed by atoms with van der Waals surface area (Å²) in [4.78, 5) is 12.7. The first-order valence-corrected chi connectivity index (χ1v) is 6.38. The molecule has 0 unspecified atom stereocenters. The molecule has 1 nitrogen and oxygen atoms in total. The van der Waals surface area contributed by atoms with E-state index >= 15 is 0 Å². The lowest BCUT2D eigenvalue weighted by Gasteiger charge is -2.05. The molecule has 0 fully saturated rings. The van der Waals surface area contributed by atoms with Crippen molar-refractivity contribution in [2.45, 2.75) is 16.7 Å². The molecule has 2 aromatic carbocycles. The number of benzene rings is 2. The zero-order valence-electron chi connectivity index (χ0n) is 9.31. The van der Waals surface area contributed by atoms with Crippen LogP contribution in [-0.4, -0.2) is 6.29 Å². The van der Waals surface area contributed by atoms with Gasteiger partial charge in [0.05, 0.1) is 5.02 Å². The molecule has 2 aromatic rings. The van der Waals surface area contributed by atoms with E-state index in [4.69, 9.17) is 11.6 Å². The normalized spacial score (nSPS) is 10.2. The first kappa shape index (κ1) is 12.2. The Hall–Kier alpha value is -1.25. The van der Waals surface area contributed by atoms with Gasteiger partial charge in [-0.05, 0) is 31.2 Å². The summed E-state index contributed by atoms with van der Waals surface area (Å²) in [6.45, 7) is 2.06. The number of hydrogen-bond acceptors (Lipinski definition) is 2. The van der Waals surface area contributed by atoms with Gasteiger partial charge < -0.3 is 0 Å². The summed E-state index contributed by atoms with van der Waals surface area (Å²) < 4.78 is 0. The third-order valence-corrected chi connectivity index (χ3v) is 3.80. The van der Waals surface area contributed by atoms with Crippen molar-refractivity contribution in [2.75, 3.05) is 0 Å². The minimum atomic E-state index is 0.601. The molecule has 0 atom stereocenters. The van der Waals surface area contributed by atoms with Gasteiger partial charge in [-0.2, -0.15) is 0 Å². The van der Waals surface area contributed by atoms with E-state index in [2.05, 4.69) is 19.1 Å². The topological polar surface area (TPSA) is 17.1 Å². The van der Waals surface area contributed by atoms with E-state index < -0.39 is 0 Å². The molecule has 0 radical (unpaired) electrons. The summed E-state index contributed by atoms with van der Waals surface area (Å²) in [5, 5.41) is 0.612. The number of rotatable bonds is 3. The van der Waals surface area contributed by atoms with Gasteiger partial charge in [-0.1, -0.05) is 47.1 Å². The highest BCUT2D eigenvalue weighted by Crippen LogP contribution is 2.33. The Balaban J connectivity index is 2.27. The van der Waals surface area contributed by atoms with Crippen molar-refractivity contribution in [1.29, 1.82) is 0 Å². The van der Waals surface area contributed by atoms with E-state index in [1.165, 1.54) is 5.56 Å². The zero-order chi connectivity index (χ0) is 12.3. The molecular weight excluding hydrogens is 252 g/mol. The van der Waals surface area contributed by atoms with Crippen molar-refractivity contribution < 1.29 is 4.79 Å². The Bertz CT molecular complexity index is 552. The SMILES string of the molecule is Cc1cccc(Sc2ccc(C=O)cc2Cl)c1. The highest BCUT2D eigenvalue weighted by molar-refractivity contribution is 7.99. The third kappa shape index (κ3) is 3.11. The van der Waals surface area contributed by atoms with E-state index in [1.807, 2.05) is 18.2 Å². The minimum absolute atomic E-state index is 0.601. The van der Waals surface area contributed by atoms with Gasteiger partial charge >= 0.3 is 0 Å². The summed E-state index contributed by atoms with van der Waals surface area (Å²) in [5.74, 6) is 0. The molecule has 0 saturated carbocycles. The molecule has 0 bridgehead atoms. The molecule has 3 heteroatoms. The van der Waals surface area contributed by atoms with Crippen LogP contribution < -0.4 is 0 Å². The Kier molecular flexibility index (Phi) is 3.87. The van der Waals surface area contributed by atoms with Crippen molar-refractivity contribution in [3.05, 3.63) is 58.6 Å². The monoisotopic (exact) mass is 262 g/mol. The lowest BCUT2D eigenvalue weighted by atomic mass is 10.2. The number of aldehydes is 1. The van der Waals surface area contributed by atoms with Crippen LogP contribution in [0.25, 0.3) is 0 Å². The summed E-state index contributed by atoms with van der Waals surface area (Å²) >= 11 is 7.72. The Morgan fingerprint density at radius 2 is 2.00 bits per heavy atom. The maximum atomic E-state index is 10.6. The summed E-state index contributed by atoms with van der Waals surface area (Å²) in [7, 11) is 0. The van der Waals surface area contributed by atoms with Crippen LogP contribution in [0.1, 0.15) is 15.9 Å². The fourth-order valence-corrected chi connectivity index (χ4v) is 2.72. The first-order chi connectivity index (χ1) is 8.19. The molecule has 2 rings (SSSR count). The smallest absolute Gasteiger partial charge is 0.150 e. The summed E-state index contributed by atoms with van der Waals surface area (Å²) in [5.41, 5.74) is 1.82. The number of carbonyl (C=O) groups excluding carboxylic acids is 1. The average Bonchev–Trinajstić information content (AvgIpc) is 2.32. The van der Waals surface area contributed by atoms with E-state index in [0.29, 0.717) is 10.6 Å². The second-order valence-corrected chi connectivity index (χ2v) is 5.25. The minimum Gasteiger partial charge on any atom is -0.298 e. The number of halogens is 1. The molecular formula is C14H11ClOS. The van der Waals surface area contributed by atoms with Crippen molar-refractivity contribution in [3.63, 3.8) is 0 Å². The fraction of sp³-hybridized carbons (Fsp3) is 0.0714. The Labute approximate surface area is 110 Å². The molecule has 0 aliphatic carbocycles. The lowest BCUT2D eigenvalue weighted by molar-refractivity contribution is 0.112. The van der Waals surface area contributed by atoms with Crippen LogP contribution in [0.5, 0.6) is 0 Å². The summed E-state index contributed by atoms with van der Waals surface area (Å²) in [6.07, 6.45) is 0.799. The van der Waals surface area contributed by atoms with Crippen LogP contribution in [-0.2, 0) is 0 Å². The molecule has 0 spiro atoms. The number of carbonyl (C=O) groups is 1. The van der Waals surface area contributed by atoms with Crippen molar-refractivity contribution >= 4 is 29.6 Å². The Morgan fingerprint density at radius 3 is 2.65 bits per heavy atom. The van der Waals surface area contributed by atoms with Gasteiger partial charge in [0.1, 0.15) is 6.29 Å². The van der Waals surface area contributed by atoms with E-state index in [1.54, 1.807) is 23.9 Å². The summed E-state index contributed by atoms with van der Waals surface area (Å²) in [6, 6.07) is 13.6. The molecule has 86 valence electrons. The molecule has 0 aromatic heterocycles. The maximum Gasteiger partial charge on any atom is 0.150 e. The van der Waals surface area contributed by atoms with Gasteiger partial charge in [-0.3, -0.25) is 4.79 Å². The van der Waals surface area contributed by atoms with Crippen LogP contribution in [0.3, 0.4) is 0 Å². The Morgan fingerprint density at radius 1 is 1.18 bits per heavy atom. The largest absolute Gasteiger partial charge is 0.298 e. The second kappa shape index (κ2) is 5.39. The van der Waals surface area contributed by atoms with Crippen LogP contribution in [0.4, 0.5) is 0 Å². The fourth-order valence-electron chi connectivity index (χ4n) is 1.48. The van der Waals surface area contributed by atoms with Gasteiger partial charge in [-0.15, -0.1) is 0 Å². The van der Waals surface area contributed by atoms with Crippen LogP contribution >= 0.6 is 23.4 Å². The third-order valence-electron chi connectivity index (χ3n) is 2.31. The van der Waals surface area contributed by atoms with Crippen molar-refractivity contribution in [1.82, 2.24) is 0 Å². The maximum absolute atomic E-state index is 10.6. The molecule has 0 aliphatic heterocycles. The van der Waals surface area contributed by atoms with Gasteiger partial charge in [0.2, 0.25) is 0 Å². The van der Waals surface area contributed by atoms with Gasteiger partial charge in [0, 0.05) is 15.4 Å². The van der Waals surface area contributed by atoms with Gasteiger partial charge in [-0.25, -0.2) is 0 Å². The van der Waals surface area contributed by atoms with E-state index in [9.17, 15) is 4.79 Å². The number of hydrogen-bond donors (Lipinski definition) is 0. The highest BCUT2D eigenvalue weighted by atomic mass is 35.5. The van der Waals surface area contributed by atoms with Gasteiger partial charge in [0.15, 0.2) is 0 Å². The van der Waals surface area contributed by atoms with Gasteiger partial charge in [0.25, 0.3) is 0 Å². The molecule has 0 amide bonds. The molecule has 0 N–H and O–H groups in total. The zero-order valence-corrected chi connectivity index (χ0v) is 10.9. The number of aryl methyl sites for hydroxylation is 1. The highest BCUT2D eigenvalue weighted by Gasteiger charge is 2.04. The van der Waals surface area contributed by atoms with E-state index in [-0.39, 0.29) is 0 Å². The first-order valence-electron chi connectivity index (χ1n) is 5.18. The van der Waals surface area contributed by atoms with E-state index in [0.717, 1.165) is 16.1 Å². The molecule has 0 heterocycles. The van der Waals surface area contributed by atoms with Crippen LogP contribution in [0.15, 0.2) is 52.3 Å². The lowest BCUT2D eigenvalue weighted by Crippen LogP contribution is -1.82. The second-order valence-electron chi connectivity index (χ2n) is 3.73. The standard InChI is InChI=1S/C14H11ClOS/c1-10-3-2-4-12(7-10)17-14-6-5-11(9-16)8-13(14)15/h2-9H,1H3. The predicted octanol–water partition coefficient (Wildman–Crippen LogP) is 4.61. The predicted molar refractivity (Wildman–Crippen MR) is 72.1 cm³/mol. The molecule has 17 heavy (non-hydrogen) atoms. The average molecular weight is 263 g/mol. The molecule has 0 aliphatic rings. The molecule has 0 saturated heterocycles. The van der Waals surface area contributed by atoms with Crippen LogP contribution in [0, 0.1) is 6.92 Å². The van der Waals surface area contributed by atoms with Crippen molar-refractivity contribution in [3.8, 4) is 0 Å². The van der Waals surface area contributed by atoms with Crippen molar-refractivity contribution in [2.24, 2.45) is 0 Å².